The van der Waals surface area contributed by atoms with Gasteiger partial charge in [0.2, 0.25) is 12.6 Å². The van der Waals surface area contributed by atoms with Crippen molar-refractivity contribution in [1.82, 2.24) is 0 Å². The lowest BCUT2D eigenvalue weighted by Crippen LogP contribution is -2.16. The fourth-order valence-corrected chi connectivity index (χ4v) is 2.42. The summed E-state index contributed by atoms with van der Waals surface area (Å²) >= 11 is 0. The molecule has 0 aromatic heterocycles. The normalized spacial score (nSPS) is 50.7. The molecule has 8 nitrogen and oxygen atoms in total. The summed E-state index contributed by atoms with van der Waals surface area (Å²) in [6.45, 7) is 0. The Labute approximate surface area is 68.1 Å². The summed E-state index contributed by atoms with van der Waals surface area (Å²) < 4.78 is 55.1. The van der Waals surface area contributed by atoms with E-state index < -0.39 is 33.3 Å². The van der Waals surface area contributed by atoms with Crippen LogP contribution in [0.1, 0.15) is 0 Å². The highest BCUT2D eigenvalue weighted by Gasteiger charge is 2.51. The first-order valence-electron chi connectivity index (χ1n) is 2.65. The molecule has 0 aromatic carbocycles. The van der Waals surface area contributed by atoms with Crippen LogP contribution in [-0.4, -0.2) is 25.2 Å². The number of nitrogens with one attached hydrogen (secondary N) is 1. The van der Waals surface area contributed by atoms with Crippen LogP contribution in [-0.2, 0) is 37.4 Å². The smallest absolute Gasteiger partial charge is 0.225 e. The molecule has 12 heavy (non-hydrogen) atoms. The standard InChI is InChI=1S/C2H3NO7S2/c3-11(4)7-1-2(8-11)10-12(5,6)9-1/h1-3H. The molecule has 2 aliphatic rings. The minimum absolute atomic E-state index is 1.43. The van der Waals surface area contributed by atoms with Gasteiger partial charge < -0.3 is 0 Å². The first-order valence-corrected chi connectivity index (χ1v) is 5.39. The number of rotatable bonds is 0. The molecule has 2 heterocycles. The summed E-state index contributed by atoms with van der Waals surface area (Å²) in [6.07, 6.45) is -2.86. The van der Waals surface area contributed by atoms with Crippen molar-refractivity contribution < 1.29 is 29.4 Å². The monoisotopic (exact) mass is 217 g/mol. The first-order chi connectivity index (χ1) is 5.38. The van der Waals surface area contributed by atoms with E-state index in [9.17, 15) is 12.6 Å². The Morgan fingerprint density at radius 1 is 0.917 bits per heavy atom. The van der Waals surface area contributed by atoms with Crippen molar-refractivity contribution in [3.05, 3.63) is 0 Å². The van der Waals surface area contributed by atoms with Crippen molar-refractivity contribution in [2.75, 3.05) is 0 Å². The van der Waals surface area contributed by atoms with E-state index in [0.29, 0.717) is 0 Å². The molecule has 0 aromatic rings. The minimum atomic E-state index is -4.11. The topological polar surface area (TPSA) is 112 Å². The van der Waals surface area contributed by atoms with Crippen LogP contribution in [0.2, 0.25) is 0 Å². The van der Waals surface area contributed by atoms with Gasteiger partial charge in [-0.1, -0.05) is 0 Å². The average Bonchev–Trinajstić information content (AvgIpc) is 2.12. The van der Waals surface area contributed by atoms with E-state index >= 15 is 0 Å². The van der Waals surface area contributed by atoms with Gasteiger partial charge in [0.15, 0.2) is 0 Å². The Morgan fingerprint density at radius 2 is 1.33 bits per heavy atom. The van der Waals surface area contributed by atoms with E-state index in [1.54, 1.807) is 0 Å². The average molecular weight is 217 g/mol. The molecule has 2 atom stereocenters. The van der Waals surface area contributed by atoms with Gasteiger partial charge in [-0.3, -0.25) is 0 Å². The van der Waals surface area contributed by atoms with E-state index in [0.717, 1.165) is 0 Å². The molecule has 70 valence electrons. The van der Waals surface area contributed by atoms with E-state index in [4.69, 9.17) is 4.78 Å². The first kappa shape index (κ1) is 8.34. The van der Waals surface area contributed by atoms with Crippen LogP contribution >= 0.6 is 0 Å². The molecule has 10 heteroatoms. The highest BCUT2D eigenvalue weighted by molar-refractivity contribution is 7.84. The Hall–Kier alpha value is -0.260. The molecule has 2 aliphatic heterocycles. The predicted octanol–water partition coefficient (Wildman–Crippen LogP) is -1.15. The van der Waals surface area contributed by atoms with Gasteiger partial charge in [0, 0.05) is 0 Å². The third-order valence-corrected chi connectivity index (χ3v) is 2.83. The zero-order valence-electron chi connectivity index (χ0n) is 5.33. The van der Waals surface area contributed by atoms with Crippen LogP contribution in [0.3, 0.4) is 0 Å². The molecule has 0 bridgehead atoms. The lowest BCUT2D eigenvalue weighted by molar-refractivity contribution is -0.0419. The zero-order valence-corrected chi connectivity index (χ0v) is 6.96. The van der Waals surface area contributed by atoms with Crippen LogP contribution in [0.15, 0.2) is 0 Å². The molecule has 2 unspecified atom stereocenters. The van der Waals surface area contributed by atoms with Crippen molar-refractivity contribution in [3.63, 3.8) is 0 Å². The van der Waals surface area contributed by atoms with Crippen LogP contribution in [0.25, 0.3) is 0 Å². The Bertz CT molecular complexity index is 329. The van der Waals surface area contributed by atoms with Gasteiger partial charge >= 0.3 is 10.4 Å². The number of fused-ring (bicyclic) bond motifs is 1. The highest BCUT2D eigenvalue weighted by atomic mass is 32.3. The van der Waals surface area contributed by atoms with Crippen molar-refractivity contribution in [1.29, 1.82) is 4.78 Å². The van der Waals surface area contributed by atoms with Crippen molar-refractivity contribution in [3.8, 4) is 0 Å². The van der Waals surface area contributed by atoms with Gasteiger partial charge in [0.25, 0.3) is 10.3 Å². The SMILES string of the molecule is N=S1(=O)OC2OS(=O)(=O)OC2O1. The zero-order chi connectivity index (χ0) is 8.98. The van der Waals surface area contributed by atoms with Gasteiger partial charge in [0.1, 0.15) is 0 Å². The summed E-state index contributed by atoms with van der Waals surface area (Å²) in [5.74, 6) is 0. The third-order valence-electron chi connectivity index (χ3n) is 1.09. The summed E-state index contributed by atoms with van der Waals surface area (Å²) in [5.41, 5.74) is 0. The van der Waals surface area contributed by atoms with Crippen molar-refractivity contribution >= 4 is 20.7 Å². The summed E-state index contributed by atoms with van der Waals surface area (Å²) in [4.78, 5) is 0. The number of hydrogen-bond donors (Lipinski definition) is 1. The number of hydrogen-bond acceptors (Lipinski definition) is 8. The highest BCUT2D eigenvalue weighted by Crippen LogP contribution is 2.31. The maximum atomic E-state index is 10.7. The second-order valence-corrected chi connectivity index (χ2v) is 4.48. The molecular formula is C2H3NO7S2. The van der Waals surface area contributed by atoms with Gasteiger partial charge in [-0.25, -0.2) is 21.5 Å². The van der Waals surface area contributed by atoms with Crippen LogP contribution in [0, 0.1) is 4.78 Å². The lowest BCUT2D eigenvalue weighted by atomic mass is 10.6. The Kier molecular flexibility index (Phi) is 1.50. The van der Waals surface area contributed by atoms with Gasteiger partial charge in [-0.15, -0.1) is 0 Å². The van der Waals surface area contributed by atoms with Crippen molar-refractivity contribution in [2.45, 2.75) is 12.6 Å². The fourth-order valence-electron chi connectivity index (χ4n) is 0.741. The molecule has 1 N–H and O–H groups in total. The van der Waals surface area contributed by atoms with Gasteiger partial charge in [-0.05, 0) is 0 Å². The van der Waals surface area contributed by atoms with Crippen LogP contribution in [0.4, 0.5) is 0 Å². The van der Waals surface area contributed by atoms with Crippen molar-refractivity contribution in [2.24, 2.45) is 0 Å². The quantitative estimate of drug-likeness (QED) is 0.545. The molecule has 2 fully saturated rings. The predicted molar refractivity (Wildman–Crippen MR) is 31.7 cm³/mol. The molecule has 0 aliphatic carbocycles. The largest absolute Gasteiger partial charge is 0.405 e. The summed E-state index contributed by atoms with van der Waals surface area (Å²) in [5, 5.41) is 0. The molecule has 0 saturated carbocycles. The second-order valence-electron chi connectivity index (χ2n) is 1.98. The third kappa shape index (κ3) is 1.32. The minimum Gasteiger partial charge on any atom is -0.225 e. The van der Waals surface area contributed by atoms with Crippen LogP contribution < -0.4 is 0 Å². The summed E-state index contributed by atoms with van der Waals surface area (Å²) in [6, 6.07) is 0. The van der Waals surface area contributed by atoms with E-state index in [-0.39, 0.29) is 0 Å². The van der Waals surface area contributed by atoms with E-state index in [2.05, 4.69) is 16.7 Å². The maximum Gasteiger partial charge on any atom is 0.405 e. The molecule has 0 spiro atoms. The van der Waals surface area contributed by atoms with E-state index in [1.165, 1.54) is 0 Å². The molecule has 2 saturated heterocycles. The van der Waals surface area contributed by atoms with Crippen LogP contribution in [0.5, 0.6) is 0 Å². The fraction of sp³-hybridized carbons (Fsp3) is 1.00. The lowest BCUT2D eigenvalue weighted by Gasteiger charge is -1.97. The Morgan fingerprint density at radius 3 is 1.75 bits per heavy atom. The maximum absolute atomic E-state index is 10.7. The Balaban J connectivity index is 2.28. The van der Waals surface area contributed by atoms with Gasteiger partial charge in [-0.2, -0.15) is 12.6 Å². The molecule has 2 rings (SSSR count). The van der Waals surface area contributed by atoms with E-state index in [1.807, 2.05) is 0 Å². The molecule has 0 amide bonds. The second kappa shape index (κ2) is 2.16. The molecular weight excluding hydrogens is 214 g/mol. The summed E-state index contributed by atoms with van der Waals surface area (Å²) in [7, 11) is -7.78. The molecule has 0 radical (unpaired) electrons. The van der Waals surface area contributed by atoms with Gasteiger partial charge in [0.05, 0.1) is 0 Å².